The van der Waals surface area contributed by atoms with Crippen LogP contribution < -0.4 is 10.2 Å². The van der Waals surface area contributed by atoms with Crippen molar-refractivity contribution in [3.8, 4) is 0 Å². The standard InChI is InChI=1S/C15H23FN4O2/c1-15(2,3)22-14(21)19-7-11-5-4-6-20(10-11)13-17-8-12(16)9-18-13/h8-9,11H,4-7,10H2,1-3H3,(H,19,21)/t11-/m0/s1. The van der Waals surface area contributed by atoms with Gasteiger partial charge in [0.05, 0.1) is 12.4 Å². The Balaban J connectivity index is 1.83. The Morgan fingerprint density at radius 1 is 1.45 bits per heavy atom. The van der Waals surface area contributed by atoms with Crippen molar-refractivity contribution in [2.45, 2.75) is 39.2 Å². The zero-order valence-corrected chi connectivity index (χ0v) is 13.3. The normalized spacial score (nSPS) is 18.9. The van der Waals surface area contributed by atoms with Crippen LogP contribution in [0.15, 0.2) is 12.4 Å². The zero-order valence-electron chi connectivity index (χ0n) is 13.3. The van der Waals surface area contributed by atoms with Crippen LogP contribution in [0.4, 0.5) is 15.1 Å². The van der Waals surface area contributed by atoms with Gasteiger partial charge in [-0.25, -0.2) is 19.2 Å². The number of alkyl carbamates (subject to hydrolysis) is 1. The van der Waals surface area contributed by atoms with Gasteiger partial charge in [-0.05, 0) is 39.5 Å². The molecule has 22 heavy (non-hydrogen) atoms. The van der Waals surface area contributed by atoms with E-state index in [-0.39, 0.29) is 0 Å². The summed E-state index contributed by atoms with van der Waals surface area (Å²) in [5, 5.41) is 2.80. The highest BCUT2D eigenvalue weighted by Crippen LogP contribution is 2.19. The van der Waals surface area contributed by atoms with Gasteiger partial charge >= 0.3 is 6.09 Å². The number of carbonyl (C=O) groups is 1. The number of hydrogen-bond acceptors (Lipinski definition) is 5. The van der Waals surface area contributed by atoms with Crippen molar-refractivity contribution in [1.82, 2.24) is 15.3 Å². The van der Waals surface area contributed by atoms with Gasteiger partial charge in [-0.15, -0.1) is 0 Å². The van der Waals surface area contributed by atoms with E-state index in [4.69, 9.17) is 4.74 Å². The maximum atomic E-state index is 12.9. The number of hydrogen-bond donors (Lipinski definition) is 1. The Kier molecular flexibility index (Phi) is 5.15. The lowest BCUT2D eigenvalue weighted by Crippen LogP contribution is -2.42. The molecule has 0 radical (unpaired) electrons. The van der Waals surface area contributed by atoms with E-state index in [1.54, 1.807) is 0 Å². The van der Waals surface area contributed by atoms with E-state index in [1.807, 2.05) is 25.7 Å². The van der Waals surface area contributed by atoms with Crippen molar-refractivity contribution < 1.29 is 13.9 Å². The second-order valence-corrected chi connectivity index (χ2v) is 6.54. The maximum Gasteiger partial charge on any atom is 0.407 e. The number of amides is 1. The molecule has 1 atom stereocenters. The monoisotopic (exact) mass is 310 g/mol. The molecule has 1 aliphatic rings. The van der Waals surface area contributed by atoms with E-state index in [1.165, 1.54) is 12.4 Å². The first-order chi connectivity index (χ1) is 10.3. The number of carbonyl (C=O) groups excluding carboxylic acids is 1. The van der Waals surface area contributed by atoms with Gasteiger partial charge in [0.15, 0.2) is 5.82 Å². The summed E-state index contributed by atoms with van der Waals surface area (Å²) in [6, 6.07) is 0. The Hall–Kier alpha value is -1.92. The molecule has 0 spiro atoms. The summed E-state index contributed by atoms with van der Waals surface area (Å²) in [5.41, 5.74) is -0.495. The van der Waals surface area contributed by atoms with Crippen LogP contribution in [0.1, 0.15) is 33.6 Å². The van der Waals surface area contributed by atoms with Crippen LogP contribution in [0.25, 0.3) is 0 Å². The summed E-state index contributed by atoms with van der Waals surface area (Å²) in [7, 11) is 0. The maximum absolute atomic E-state index is 12.9. The molecule has 6 nitrogen and oxygen atoms in total. The number of anilines is 1. The zero-order chi connectivity index (χ0) is 16.2. The highest BCUT2D eigenvalue weighted by atomic mass is 19.1. The lowest BCUT2D eigenvalue weighted by Gasteiger charge is -2.32. The van der Waals surface area contributed by atoms with Crippen LogP contribution in [0.2, 0.25) is 0 Å². The smallest absolute Gasteiger partial charge is 0.407 e. The Morgan fingerprint density at radius 3 is 2.77 bits per heavy atom. The molecule has 1 aromatic rings. The Labute approximate surface area is 130 Å². The van der Waals surface area contributed by atoms with Crippen molar-refractivity contribution >= 4 is 12.0 Å². The molecule has 2 heterocycles. The largest absolute Gasteiger partial charge is 0.444 e. The highest BCUT2D eigenvalue weighted by molar-refractivity contribution is 5.67. The molecule has 1 N–H and O–H groups in total. The lowest BCUT2D eigenvalue weighted by molar-refractivity contribution is 0.0517. The number of rotatable bonds is 3. The predicted molar refractivity (Wildman–Crippen MR) is 81.2 cm³/mol. The fraction of sp³-hybridized carbons (Fsp3) is 0.667. The van der Waals surface area contributed by atoms with Gasteiger partial charge in [0.2, 0.25) is 5.95 Å². The van der Waals surface area contributed by atoms with Gasteiger partial charge in [0.25, 0.3) is 0 Å². The van der Waals surface area contributed by atoms with Gasteiger partial charge in [-0.3, -0.25) is 0 Å². The van der Waals surface area contributed by atoms with Crippen molar-refractivity contribution in [3.63, 3.8) is 0 Å². The number of halogens is 1. The number of aromatic nitrogens is 2. The van der Waals surface area contributed by atoms with Crippen LogP contribution in [-0.4, -0.2) is 41.3 Å². The van der Waals surface area contributed by atoms with Gasteiger partial charge in [-0.1, -0.05) is 0 Å². The molecular weight excluding hydrogens is 287 g/mol. The second kappa shape index (κ2) is 6.89. The summed E-state index contributed by atoms with van der Waals surface area (Å²) < 4.78 is 18.1. The third kappa shape index (κ3) is 5.13. The molecule has 122 valence electrons. The van der Waals surface area contributed by atoms with Crippen molar-refractivity contribution in [2.24, 2.45) is 5.92 Å². The molecule has 1 aliphatic heterocycles. The van der Waals surface area contributed by atoms with E-state index >= 15 is 0 Å². The summed E-state index contributed by atoms with van der Waals surface area (Å²) in [4.78, 5) is 21.7. The summed E-state index contributed by atoms with van der Waals surface area (Å²) in [6.07, 6.45) is 3.95. The van der Waals surface area contributed by atoms with Crippen molar-refractivity contribution in [2.75, 3.05) is 24.5 Å². The minimum atomic E-state index is -0.495. The van der Waals surface area contributed by atoms with Crippen molar-refractivity contribution in [3.05, 3.63) is 18.2 Å². The fourth-order valence-corrected chi connectivity index (χ4v) is 2.42. The van der Waals surface area contributed by atoms with Gasteiger partial charge in [-0.2, -0.15) is 0 Å². The number of nitrogens with one attached hydrogen (secondary N) is 1. The molecule has 0 bridgehead atoms. The van der Waals surface area contributed by atoms with Crippen LogP contribution in [0.5, 0.6) is 0 Å². The third-order valence-corrected chi connectivity index (χ3v) is 3.34. The molecule has 0 aliphatic carbocycles. The second-order valence-electron chi connectivity index (χ2n) is 6.54. The average Bonchev–Trinajstić information content (AvgIpc) is 2.44. The summed E-state index contributed by atoms with van der Waals surface area (Å²) in [6.45, 7) is 7.63. The first-order valence-electron chi connectivity index (χ1n) is 7.53. The van der Waals surface area contributed by atoms with Gasteiger partial charge in [0.1, 0.15) is 5.60 Å². The Bertz CT molecular complexity index is 501. The SMILES string of the molecule is CC(C)(C)OC(=O)NC[C@@H]1CCCN(c2ncc(F)cn2)C1. The molecule has 0 unspecified atom stereocenters. The van der Waals surface area contributed by atoms with E-state index in [0.717, 1.165) is 25.9 Å². The molecule has 1 amide bonds. The molecule has 0 aromatic carbocycles. The molecule has 2 rings (SSSR count). The fourth-order valence-electron chi connectivity index (χ4n) is 2.42. The first kappa shape index (κ1) is 16.5. The van der Waals surface area contributed by atoms with Crippen LogP contribution in [0, 0.1) is 11.7 Å². The average molecular weight is 310 g/mol. The molecule has 1 aromatic heterocycles. The highest BCUT2D eigenvalue weighted by Gasteiger charge is 2.23. The first-order valence-corrected chi connectivity index (χ1v) is 7.53. The number of nitrogens with zero attached hydrogens (tertiary/aromatic N) is 3. The van der Waals surface area contributed by atoms with Gasteiger partial charge < -0.3 is 15.0 Å². The number of ether oxygens (including phenoxy) is 1. The molecule has 1 saturated heterocycles. The van der Waals surface area contributed by atoms with Crippen molar-refractivity contribution in [1.29, 1.82) is 0 Å². The Morgan fingerprint density at radius 2 is 2.14 bits per heavy atom. The molecule has 0 saturated carbocycles. The van der Waals surface area contributed by atoms with Gasteiger partial charge in [0, 0.05) is 19.6 Å². The van der Waals surface area contributed by atoms with Crippen LogP contribution in [-0.2, 0) is 4.74 Å². The van der Waals surface area contributed by atoms with E-state index in [0.29, 0.717) is 18.4 Å². The minimum Gasteiger partial charge on any atom is -0.444 e. The topological polar surface area (TPSA) is 67.3 Å². The summed E-state index contributed by atoms with van der Waals surface area (Å²) in [5.74, 6) is 0.391. The van der Waals surface area contributed by atoms with E-state index in [2.05, 4.69) is 15.3 Å². The summed E-state index contributed by atoms with van der Waals surface area (Å²) >= 11 is 0. The minimum absolute atomic E-state index is 0.301. The van der Waals surface area contributed by atoms with E-state index < -0.39 is 17.5 Å². The van der Waals surface area contributed by atoms with E-state index in [9.17, 15) is 9.18 Å². The van der Waals surface area contributed by atoms with Crippen LogP contribution in [0.3, 0.4) is 0 Å². The third-order valence-electron chi connectivity index (χ3n) is 3.34. The predicted octanol–water partition coefficient (Wildman–Crippen LogP) is 2.36. The molecule has 1 fully saturated rings. The van der Waals surface area contributed by atoms with Crippen LogP contribution >= 0.6 is 0 Å². The lowest BCUT2D eigenvalue weighted by atomic mass is 9.98. The quantitative estimate of drug-likeness (QED) is 0.928. The number of piperidine rings is 1. The molecular formula is C15H23FN4O2. The molecule has 7 heteroatoms.